The van der Waals surface area contributed by atoms with Crippen molar-refractivity contribution in [3.63, 3.8) is 0 Å². The van der Waals surface area contributed by atoms with Gasteiger partial charge >= 0.3 is 11.9 Å². The maximum atomic E-state index is 13.2. The first-order valence-electron chi connectivity index (χ1n) is 12.1. The standard InChI is InChI=1S/C25H38N4O7S/c1-4-15(2)21(29-22(32)17(26)10-11-20(30)31)24(34)27-18(12-13-37-3)23(33)28-19(25(35)36)14-16-8-6-5-7-9-16/h5-9,15,17-19,21H,4,10-14,26H2,1-3H3,(H,27,34)(H,28,33)(H,29,32)(H,30,31)(H,35,36). The summed E-state index contributed by atoms with van der Waals surface area (Å²) in [5.41, 5.74) is 6.52. The van der Waals surface area contributed by atoms with Crippen LogP contribution in [0.4, 0.5) is 0 Å². The van der Waals surface area contributed by atoms with Gasteiger partial charge in [0.15, 0.2) is 0 Å². The number of carbonyl (C=O) groups is 5. The highest BCUT2D eigenvalue weighted by Gasteiger charge is 2.32. The van der Waals surface area contributed by atoms with E-state index in [1.54, 1.807) is 37.3 Å². The van der Waals surface area contributed by atoms with Crippen molar-refractivity contribution in [3.05, 3.63) is 35.9 Å². The van der Waals surface area contributed by atoms with Gasteiger partial charge in [-0.1, -0.05) is 50.6 Å². The van der Waals surface area contributed by atoms with Crippen LogP contribution in [-0.4, -0.2) is 76.0 Å². The van der Waals surface area contributed by atoms with Gasteiger partial charge in [-0.15, -0.1) is 0 Å². The summed E-state index contributed by atoms with van der Waals surface area (Å²) >= 11 is 1.46. The molecular formula is C25H38N4O7S. The van der Waals surface area contributed by atoms with Crippen molar-refractivity contribution in [2.45, 2.75) is 70.1 Å². The summed E-state index contributed by atoms with van der Waals surface area (Å²) < 4.78 is 0. The van der Waals surface area contributed by atoms with Gasteiger partial charge in [0, 0.05) is 12.8 Å². The number of nitrogens with two attached hydrogens (primary N) is 1. The number of rotatable bonds is 17. The quantitative estimate of drug-likeness (QED) is 0.166. The summed E-state index contributed by atoms with van der Waals surface area (Å²) in [6.45, 7) is 3.59. The van der Waals surface area contributed by atoms with Crippen molar-refractivity contribution < 1.29 is 34.2 Å². The number of benzene rings is 1. The maximum Gasteiger partial charge on any atom is 0.326 e. The number of hydrogen-bond acceptors (Lipinski definition) is 7. The molecule has 0 radical (unpaired) electrons. The molecular weight excluding hydrogens is 500 g/mol. The van der Waals surface area contributed by atoms with Crippen LogP contribution in [0.5, 0.6) is 0 Å². The minimum Gasteiger partial charge on any atom is -0.481 e. The number of carboxylic acid groups (broad SMARTS) is 2. The molecule has 0 aliphatic rings. The van der Waals surface area contributed by atoms with Crippen molar-refractivity contribution >= 4 is 41.4 Å². The van der Waals surface area contributed by atoms with Crippen LogP contribution in [0, 0.1) is 5.92 Å². The van der Waals surface area contributed by atoms with Crippen LogP contribution in [0.2, 0.25) is 0 Å². The van der Waals surface area contributed by atoms with Crippen LogP contribution in [0.25, 0.3) is 0 Å². The summed E-state index contributed by atoms with van der Waals surface area (Å²) in [5, 5.41) is 26.2. The van der Waals surface area contributed by atoms with E-state index in [4.69, 9.17) is 10.8 Å². The van der Waals surface area contributed by atoms with Crippen molar-refractivity contribution in [1.82, 2.24) is 16.0 Å². The van der Waals surface area contributed by atoms with E-state index in [1.807, 2.05) is 13.2 Å². The third-order valence-electron chi connectivity index (χ3n) is 5.94. The molecule has 3 amide bonds. The molecule has 1 aromatic rings. The molecule has 11 nitrogen and oxygen atoms in total. The largest absolute Gasteiger partial charge is 0.481 e. The third kappa shape index (κ3) is 11.6. The van der Waals surface area contributed by atoms with E-state index in [-0.39, 0.29) is 31.6 Å². The van der Waals surface area contributed by atoms with Gasteiger partial charge in [0.25, 0.3) is 0 Å². The lowest BCUT2D eigenvalue weighted by Crippen LogP contribution is -2.58. The zero-order valence-corrected chi connectivity index (χ0v) is 22.3. The van der Waals surface area contributed by atoms with Crippen molar-refractivity contribution in [1.29, 1.82) is 0 Å². The Bertz CT molecular complexity index is 916. The fourth-order valence-corrected chi connectivity index (χ4v) is 3.93. The molecule has 37 heavy (non-hydrogen) atoms. The Morgan fingerprint density at radius 2 is 1.54 bits per heavy atom. The van der Waals surface area contributed by atoms with E-state index >= 15 is 0 Å². The van der Waals surface area contributed by atoms with Gasteiger partial charge < -0.3 is 31.9 Å². The summed E-state index contributed by atoms with van der Waals surface area (Å²) in [5.74, 6) is -4.00. The molecule has 0 saturated carbocycles. The Hall–Kier alpha value is -3.12. The van der Waals surface area contributed by atoms with E-state index in [0.717, 1.165) is 5.56 Å². The zero-order valence-electron chi connectivity index (χ0n) is 21.4. The summed E-state index contributed by atoms with van der Waals surface area (Å²) in [6.07, 6.45) is 2.31. The van der Waals surface area contributed by atoms with Gasteiger partial charge in [0.2, 0.25) is 17.7 Å². The average Bonchev–Trinajstić information content (AvgIpc) is 2.87. The minimum atomic E-state index is -1.20. The molecule has 7 N–H and O–H groups in total. The molecule has 0 spiro atoms. The van der Waals surface area contributed by atoms with E-state index in [1.165, 1.54) is 11.8 Å². The molecule has 0 saturated heterocycles. The molecule has 0 aromatic heterocycles. The molecule has 206 valence electrons. The van der Waals surface area contributed by atoms with Gasteiger partial charge in [-0.2, -0.15) is 11.8 Å². The van der Waals surface area contributed by atoms with Crippen LogP contribution >= 0.6 is 11.8 Å². The minimum absolute atomic E-state index is 0.0743. The predicted molar refractivity (Wildman–Crippen MR) is 141 cm³/mol. The van der Waals surface area contributed by atoms with Gasteiger partial charge in [-0.05, 0) is 36.3 Å². The van der Waals surface area contributed by atoms with Crippen molar-refractivity contribution in [2.75, 3.05) is 12.0 Å². The van der Waals surface area contributed by atoms with Crippen LogP contribution in [0.1, 0.15) is 45.1 Å². The first kappa shape index (κ1) is 31.9. The number of nitrogens with one attached hydrogen (secondary N) is 3. The molecule has 0 fully saturated rings. The normalized spacial score (nSPS) is 14.9. The van der Waals surface area contributed by atoms with Crippen LogP contribution in [0.3, 0.4) is 0 Å². The number of aliphatic carboxylic acids is 2. The predicted octanol–water partition coefficient (Wildman–Crippen LogP) is 0.759. The molecule has 0 aliphatic carbocycles. The average molecular weight is 539 g/mol. The van der Waals surface area contributed by atoms with Gasteiger partial charge in [-0.3, -0.25) is 19.2 Å². The zero-order chi connectivity index (χ0) is 28.0. The first-order valence-corrected chi connectivity index (χ1v) is 13.5. The number of carboxylic acids is 2. The molecule has 1 rings (SSSR count). The van der Waals surface area contributed by atoms with E-state index in [0.29, 0.717) is 12.2 Å². The SMILES string of the molecule is CCC(C)C(NC(=O)C(N)CCC(=O)O)C(=O)NC(CCSC)C(=O)NC(Cc1ccccc1)C(=O)O. The molecule has 0 heterocycles. The second-order valence-corrected chi connectivity index (χ2v) is 9.83. The molecule has 0 bridgehead atoms. The lowest BCUT2D eigenvalue weighted by Gasteiger charge is -2.28. The highest BCUT2D eigenvalue weighted by Crippen LogP contribution is 2.11. The Kier molecular flexibility index (Phi) is 14.3. The number of thioether (sulfide) groups is 1. The molecule has 5 atom stereocenters. The fraction of sp³-hybridized carbons (Fsp3) is 0.560. The topological polar surface area (TPSA) is 188 Å². The highest BCUT2D eigenvalue weighted by molar-refractivity contribution is 7.98. The van der Waals surface area contributed by atoms with Crippen LogP contribution in [-0.2, 0) is 30.4 Å². The summed E-state index contributed by atoms with van der Waals surface area (Å²) in [7, 11) is 0. The van der Waals surface area contributed by atoms with Crippen molar-refractivity contribution in [2.24, 2.45) is 11.7 Å². The number of amides is 3. The number of carbonyl (C=O) groups excluding carboxylic acids is 3. The Balaban J connectivity index is 2.98. The summed E-state index contributed by atoms with van der Waals surface area (Å²) in [6, 6.07) is 4.52. The van der Waals surface area contributed by atoms with Crippen LogP contribution in [0.15, 0.2) is 30.3 Å². The van der Waals surface area contributed by atoms with Gasteiger partial charge in [0.05, 0.1) is 6.04 Å². The first-order chi connectivity index (χ1) is 17.5. The maximum absolute atomic E-state index is 13.2. The van der Waals surface area contributed by atoms with Crippen LogP contribution < -0.4 is 21.7 Å². The van der Waals surface area contributed by atoms with Gasteiger partial charge in [0.1, 0.15) is 18.1 Å². The van der Waals surface area contributed by atoms with E-state index in [9.17, 15) is 29.1 Å². The monoisotopic (exact) mass is 538 g/mol. The van der Waals surface area contributed by atoms with Crippen molar-refractivity contribution in [3.8, 4) is 0 Å². The van der Waals surface area contributed by atoms with E-state index < -0.39 is 53.8 Å². The third-order valence-corrected chi connectivity index (χ3v) is 6.58. The summed E-state index contributed by atoms with van der Waals surface area (Å²) in [4.78, 5) is 61.4. The fourth-order valence-electron chi connectivity index (χ4n) is 3.46. The lowest BCUT2D eigenvalue weighted by atomic mass is 9.97. The molecule has 5 unspecified atom stereocenters. The second kappa shape index (κ2) is 16.6. The van der Waals surface area contributed by atoms with E-state index in [2.05, 4.69) is 16.0 Å². The Morgan fingerprint density at radius 3 is 2.08 bits per heavy atom. The Morgan fingerprint density at radius 1 is 0.919 bits per heavy atom. The smallest absolute Gasteiger partial charge is 0.326 e. The lowest BCUT2D eigenvalue weighted by molar-refractivity contribution is -0.142. The molecule has 0 aliphatic heterocycles. The van der Waals surface area contributed by atoms with Gasteiger partial charge in [-0.25, -0.2) is 4.79 Å². The molecule has 12 heteroatoms. The number of hydrogen-bond donors (Lipinski definition) is 6. The highest BCUT2D eigenvalue weighted by atomic mass is 32.2. The Labute approximate surface area is 221 Å². The molecule has 1 aromatic carbocycles. The second-order valence-electron chi connectivity index (χ2n) is 8.84.